The van der Waals surface area contributed by atoms with Crippen molar-refractivity contribution in [1.82, 2.24) is 4.90 Å². The molecule has 0 N–H and O–H groups in total. The van der Waals surface area contributed by atoms with Crippen LogP contribution in [0.4, 0.5) is 0 Å². The maximum atomic E-state index is 5.53. The average molecular weight is 241 g/mol. The molecule has 1 aliphatic rings. The van der Waals surface area contributed by atoms with Crippen LogP contribution in [-0.4, -0.2) is 18.0 Å². The van der Waals surface area contributed by atoms with Gasteiger partial charge in [0.1, 0.15) is 5.76 Å². The van der Waals surface area contributed by atoms with Crippen molar-refractivity contribution in [2.45, 2.75) is 25.8 Å². The molecule has 1 saturated heterocycles. The number of likely N-dealkylation sites (tertiary alicyclic amines) is 1. The summed E-state index contributed by atoms with van der Waals surface area (Å²) in [7, 11) is 0. The second-order valence-electron chi connectivity index (χ2n) is 4.97. The van der Waals surface area contributed by atoms with E-state index in [1.165, 1.54) is 43.5 Å². The third-order valence-electron chi connectivity index (χ3n) is 3.65. The van der Waals surface area contributed by atoms with E-state index in [2.05, 4.69) is 29.2 Å². The topological polar surface area (TPSA) is 16.4 Å². The zero-order valence-corrected chi connectivity index (χ0v) is 10.6. The summed E-state index contributed by atoms with van der Waals surface area (Å²) in [6.07, 6.45) is 5.80. The molecule has 1 aromatic carbocycles. The van der Waals surface area contributed by atoms with Crippen molar-refractivity contribution in [3.8, 4) is 11.3 Å². The Labute approximate surface area is 108 Å². The smallest absolute Gasteiger partial charge is 0.134 e. The second-order valence-corrected chi connectivity index (χ2v) is 4.97. The molecule has 0 atom stereocenters. The van der Waals surface area contributed by atoms with Gasteiger partial charge in [-0.05, 0) is 43.6 Å². The van der Waals surface area contributed by atoms with Gasteiger partial charge in [0.05, 0.1) is 6.26 Å². The molecule has 2 heterocycles. The largest absolute Gasteiger partial charge is 0.464 e. The lowest BCUT2D eigenvalue weighted by molar-refractivity contribution is 0.221. The molecule has 0 spiro atoms. The highest BCUT2D eigenvalue weighted by atomic mass is 16.3. The molecular weight excluding hydrogens is 222 g/mol. The van der Waals surface area contributed by atoms with Gasteiger partial charge in [0.2, 0.25) is 0 Å². The average Bonchev–Trinajstić information content (AvgIpc) is 2.94. The summed E-state index contributed by atoms with van der Waals surface area (Å²) >= 11 is 0. The van der Waals surface area contributed by atoms with Crippen molar-refractivity contribution >= 4 is 0 Å². The van der Waals surface area contributed by atoms with Crippen LogP contribution in [0.25, 0.3) is 11.3 Å². The molecule has 0 unspecified atom stereocenters. The molecule has 94 valence electrons. The maximum absolute atomic E-state index is 5.53. The number of furan rings is 1. The molecule has 1 fully saturated rings. The van der Waals surface area contributed by atoms with Crippen molar-refractivity contribution < 1.29 is 4.42 Å². The summed E-state index contributed by atoms with van der Waals surface area (Å²) in [5.74, 6) is 0.975. The Hall–Kier alpha value is -1.54. The van der Waals surface area contributed by atoms with E-state index in [0.29, 0.717) is 0 Å². The molecule has 1 aliphatic heterocycles. The molecule has 18 heavy (non-hydrogen) atoms. The summed E-state index contributed by atoms with van der Waals surface area (Å²) in [6, 6.07) is 12.6. The van der Waals surface area contributed by atoms with Gasteiger partial charge in [-0.1, -0.05) is 30.7 Å². The molecule has 0 bridgehead atoms. The van der Waals surface area contributed by atoms with Crippen LogP contribution in [0.1, 0.15) is 24.8 Å². The monoisotopic (exact) mass is 241 g/mol. The highest BCUT2D eigenvalue weighted by Gasteiger charge is 2.13. The minimum absolute atomic E-state index is 0.975. The normalized spacial score (nSPS) is 16.9. The van der Waals surface area contributed by atoms with Crippen LogP contribution in [0.15, 0.2) is 47.1 Å². The summed E-state index contributed by atoms with van der Waals surface area (Å²) in [5.41, 5.74) is 2.60. The first-order valence-electron chi connectivity index (χ1n) is 6.77. The standard InChI is InChI=1S/C16H19NO/c1-4-10-17(11-5-1)13-14-7-2-3-8-15(14)16-9-6-12-18-16/h2-3,6-9,12H,1,4-5,10-11,13H2. The fourth-order valence-corrected chi connectivity index (χ4v) is 2.69. The van der Waals surface area contributed by atoms with Crippen molar-refractivity contribution in [3.05, 3.63) is 48.2 Å². The van der Waals surface area contributed by atoms with Gasteiger partial charge in [-0.25, -0.2) is 0 Å². The molecule has 2 nitrogen and oxygen atoms in total. The molecule has 2 heteroatoms. The third kappa shape index (κ3) is 2.49. The lowest BCUT2D eigenvalue weighted by Gasteiger charge is -2.27. The van der Waals surface area contributed by atoms with Crippen LogP contribution in [0.3, 0.4) is 0 Å². The Morgan fingerprint density at radius 1 is 0.944 bits per heavy atom. The summed E-state index contributed by atoms with van der Waals surface area (Å²) < 4.78 is 5.53. The van der Waals surface area contributed by atoms with Crippen molar-refractivity contribution in [2.75, 3.05) is 13.1 Å². The van der Waals surface area contributed by atoms with Gasteiger partial charge in [0.15, 0.2) is 0 Å². The molecule has 2 aromatic rings. The SMILES string of the molecule is c1coc(-c2ccccc2CN2CCCCC2)c1. The first-order valence-corrected chi connectivity index (χ1v) is 6.77. The van der Waals surface area contributed by atoms with Crippen LogP contribution in [0, 0.1) is 0 Å². The van der Waals surface area contributed by atoms with Crippen LogP contribution < -0.4 is 0 Å². The Kier molecular flexibility index (Phi) is 3.47. The van der Waals surface area contributed by atoms with Gasteiger partial charge >= 0.3 is 0 Å². The van der Waals surface area contributed by atoms with Crippen LogP contribution in [0.2, 0.25) is 0 Å². The van der Waals surface area contributed by atoms with E-state index >= 15 is 0 Å². The Bertz CT molecular complexity index is 484. The van der Waals surface area contributed by atoms with Gasteiger partial charge in [-0.3, -0.25) is 4.90 Å². The Balaban J connectivity index is 1.83. The molecule has 0 radical (unpaired) electrons. The summed E-state index contributed by atoms with van der Waals surface area (Å²) in [5, 5.41) is 0. The van der Waals surface area contributed by atoms with E-state index in [9.17, 15) is 0 Å². The molecule has 0 aliphatic carbocycles. The molecular formula is C16H19NO. The predicted molar refractivity (Wildman–Crippen MR) is 73.3 cm³/mol. The van der Waals surface area contributed by atoms with Crippen molar-refractivity contribution in [3.63, 3.8) is 0 Å². The van der Waals surface area contributed by atoms with Gasteiger partial charge in [-0.15, -0.1) is 0 Å². The molecule has 0 saturated carbocycles. The van der Waals surface area contributed by atoms with Gasteiger partial charge in [0, 0.05) is 12.1 Å². The Morgan fingerprint density at radius 2 is 1.78 bits per heavy atom. The third-order valence-corrected chi connectivity index (χ3v) is 3.65. The highest BCUT2D eigenvalue weighted by Crippen LogP contribution is 2.25. The number of benzene rings is 1. The highest BCUT2D eigenvalue weighted by molar-refractivity contribution is 5.61. The van der Waals surface area contributed by atoms with E-state index in [1.807, 2.05) is 12.1 Å². The lowest BCUT2D eigenvalue weighted by atomic mass is 10.0. The van der Waals surface area contributed by atoms with E-state index in [0.717, 1.165) is 12.3 Å². The van der Waals surface area contributed by atoms with E-state index in [-0.39, 0.29) is 0 Å². The summed E-state index contributed by atoms with van der Waals surface area (Å²) in [6.45, 7) is 3.50. The van der Waals surface area contributed by atoms with Crippen molar-refractivity contribution in [1.29, 1.82) is 0 Å². The predicted octanol–water partition coefficient (Wildman–Crippen LogP) is 3.93. The Morgan fingerprint density at radius 3 is 2.56 bits per heavy atom. The second kappa shape index (κ2) is 5.40. The molecule has 0 amide bonds. The quantitative estimate of drug-likeness (QED) is 0.809. The maximum Gasteiger partial charge on any atom is 0.134 e. The lowest BCUT2D eigenvalue weighted by Crippen LogP contribution is -2.29. The first-order chi connectivity index (χ1) is 8.93. The number of nitrogens with zero attached hydrogens (tertiary/aromatic N) is 1. The van der Waals surface area contributed by atoms with E-state index < -0.39 is 0 Å². The fraction of sp³-hybridized carbons (Fsp3) is 0.375. The first kappa shape index (κ1) is 11.5. The zero-order chi connectivity index (χ0) is 12.2. The van der Waals surface area contributed by atoms with E-state index in [1.54, 1.807) is 6.26 Å². The molecule has 3 rings (SSSR count). The number of piperidine rings is 1. The zero-order valence-electron chi connectivity index (χ0n) is 10.6. The number of rotatable bonds is 3. The summed E-state index contributed by atoms with van der Waals surface area (Å²) in [4.78, 5) is 2.55. The van der Waals surface area contributed by atoms with E-state index in [4.69, 9.17) is 4.42 Å². The van der Waals surface area contributed by atoms with Crippen LogP contribution >= 0.6 is 0 Å². The molecule has 1 aromatic heterocycles. The van der Waals surface area contributed by atoms with Gasteiger partial charge < -0.3 is 4.42 Å². The van der Waals surface area contributed by atoms with Gasteiger partial charge in [0.25, 0.3) is 0 Å². The van der Waals surface area contributed by atoms with Crippen LogP contribution in [0.5, 0.6) is 0 Å². The van der Waals surface area contributed by atoms with Crippen molar-refractivity contribution in [2.24, 2.45) is 0 Å². The fourth-order valence-electron chi connectivity index (χ4n) is 2.69. The minimum atomic E-state index is 0.975. The minimum Gasteiger partial charge on any atom is -0.464 e. The van der Waals surface area contributed by atoms with Gasteiger partial charge in [-0.2, -0.15) is 0 Å². The number of hydrogen-bond acceptors (Lipinski definition) is 2. The number of hydrogen-bond donors (Lipinski definition) is 0. The van der Waals surface area contributed by atoms with Crippen LogP contribution in [-0.2, 0) is 6.54 Å².